The Morgan fingerprint density at radius 1 is 1.42 bits per heavy atom. The highest BCUT2D eigenvalue weighted by Crippen LogP contribution is 2.24. The number of rotatable bonds is 1. The summed E-state index contributed by atoms with van der Waals surface area (Å²) in [5.41, 5.74) is 2.35. The number of hydrogen-bond acceptors (Lipinski definition) is 1. The highest BCUT2D eigenvalue weighted by Gasteiger charge is 2.12. The maximum Gasteiger partial charge on any atom is 0.145 e. The molecule has 0 saturated heterocycles. The molecular weight excluding hydrogens is 148 g/mol. The lowest BCUT2D eigenvalue weighted by atomic mass is 9.97. The summed E-state index contributed by atoms with van der Waals surface area (Å²) >= 11 is 0. The zero-order chi connectivity index (χ0) is 9.14. The molecule has 1 aliphatic carbocycles. The van der Waals surface area contributed by atoms with Gasteiger partial charge in [-0.1, -0.05) is 31.6 Å². The molecule has 1 nitrogen and oxygen atoms in total. The average molecular weight is 164 g/mol. The van der Waals surface area contributed by atoms with Crippen LogP contribution >= 0.6 is 0 Å². The fraction of sp³-hybridized carbons (Fsp3) is 0.545. The molecule has 12 heavy (non-hydrogen) atoms. The Hall–Kier alpha value is -0.850. The molecule has 0 aliphatic heterocycles. The van der Waals surface area contributed by atoms with Crippen molar-refractivity contribution in [2.24, 2.45) is 11.8 Å². The molecular formula is C11H16O. The van der Waals surface area contributed by atoms with Crippen LogP contribution in [0.1, 0.15) is 27.2 Å². The summed E-state index contributed by atoms with van der Waals surface area (Å²) in [5.74, 6) is 0.932. The quantitative estimate of drug-likeness (QED) is 0.430. The predicted octanol–water partition coefficient (Wildman–Crippen LogP) is 2.73. The topological polar surface area (TPSA) is 17.1 Å². The molecule has 1 rings (SSSR count). The van der Waals surface area contributed by atoms with Crippen molar-refractivity contribution in [2.75, 3.05) is 0 Å². The average Bonchev–Trinajstić information content (AvgIpc) is 2.12. The summed E-state index contributed by atoms with van der Waals surface area (Å²) in [4.78, 5) is 10.6. The van der Waals surface area contributed by atoms with Crippen LogP contribution in [0, 0.1) is 11.8 Å². The summed E-state index contributed by atoms with van der Waals surface area (Å²) in [7, 11) is 0. The van der Waals surface area contributed by atoms with E-state index in [0.717, 1.165) is 18.3 Å². The first-order chi connectivity index (χ1) is 5.63. The van der Waals surface area contributed by atoms with Crippen LogP contribution in [0.5, 0.6) is 0 Å². The summed E-state index contributed by atoms with van der Waals surface area (Å²) in [5, 5.41) is 0. The number of hydrogen-bond donors (Lipinski definition) is 0. The zero-order valence-corrected chi connectivity index (χ0v) is 8.00. The second-order valence-corrected chi connectivity index (χ2v) is 3.73. The lowest BCUT2D eigenvalue weighted by Gasteiger charge is -2.08. The van der Waals surface area contributed by atoms with Crippen molar-refractivity contribution in [3.8, 4) is 0 Å². The molecule has 0 fully saturated rings. The molecule has 1 heteroatoms. The van der Waals surface area contributed by atoms with E-state index in [4.69, 9.17) is 0 Å². The number of allylic oxidation sites excluding steroid dienone is 4. The molecule has 0 heterocycles. The van der Waals surface area contributed by atoms with Crippen LogP contribution in [0.15, 0.2) is 23.3 Å². The van der Waals surface area contributed by atoms with Crippen molar-refractivity contribution in [3.63, 3.8) is 0 Å². The van der Waals surface area contributed by atoms with Gasteiger partial charge in [0.1, 0.15) is 6.29 Å². The van der Waals surface area contributed by atoms with Gasteiger partial charge in [-0.25, -0.2) is 0 Å². The predicted molar refractivity (Wildman–Crippen MR) is 50.8 cm³/mol. The maximum atomic E-state index is 10.6. The van der Waals surface area contributed by atoms with Crippen molar-refractivity contribution in [2.45, 2.75) is 27.2 Å². The van der Waals surface area contributed by atoms with Gasteiger partial charge in [0.15, 0.2) is 0 Å². The largest absolute Gasteiger partial charge is 0.298 e. The molecule has 0 radical (unpaired) electrons. The van der Waals surface area contributed by atoms with Crippen molar-refractivity contribution >= 4 is 6.29 Å². The van der Waals surface area contributed by atoms with Crippen molar-refractivity contribution in [1.29, 1.82) is 0 Å². The van der Waals surface area contributed by atoms with Crippen LogP contribution in [0.2, 0.25) is 0 Å². The molecule has 66 valence electrons. The Morgan fingerprint density at radius 2 is 2.08 bits per heavy atom. The lowest BCUT2D eigenvalue weighted by Crippen LogP contribution is -1.97. The van der Waals surface area contributed by atoms with Gasteiger partial charge in [0.2, 0.25) is 0 Å². The minimum Gasteiger partial charge on any atom is -0.298 e. The van der Waals surface area contributed by atoms with Crippen LogP contribution in [-0.4, -0.2) is 6.29 Å². The van der Waals surface area contributed by atoms with Crippen LogP contribution < -0.4 is 0 Å². The molecule has 0 spiro atoms. The number of carbonyl (C=O) groups excluding carboxylic acids is 1. The normalized spacial score (nSPS) is 30.2. The van der Waals surface area contributed by atoms with Gasteiger partial charge in [0.25, 0.3) is 0 Å². The molecule has 2 unspecified atom stereocenters. The molecule has 0 saturated carbocycles. The third kappa shape index (κ3) is 2.07. The summed E-state index contributed by atoms with van der Waals surface area (Å²) in [6.07, 6.45) is 6.18. The second-order valence-electron chi connectivity index (χ2n) is 3.73. The van der Waals surface area contributed by atoms with Crippen molar-refractivity contribution in [1.82, 2.24) is 0 Å². The molecule has 0 N–H and O–H groups in total. The first kappa shape index (κ1) is 9.24. The standard InChI is InChI=1S/C11H16O/c1-8-4-9(2)10(3)6-11(5-8)7-12/h4-5,7-8,10H,6H2,1-3H3. The van der Waals surface area contributed by atoms with Crippen LogP contribution in [0.4, 0.5) is 0 Å². The van der Waals surface area contributed by atoms with E-state index in [-0.39, 0.29) is 0 Å². The van der Waals surface area contributed by atoms with E-state index in [1.807, 2.05) is 0 Å². The Kier molecular flexibility index (Phi) is 2.85. The first-order valence-electron chi connectivity index (χ1n) is 4.47. The molecule has 0 aromatic heterocycles. The fourth-order valence-electron chi connectivity index (χ4n) is 1.63. The van der Waals surface area contributed by atoms with E-state index in [9.17, 15) is 4.79 Å². The maximum absolute atomic E-state index is 10.6. The first-order valence-corrected chi connectivity index (χ1v) is 4.47. The Labute approximate surface area is 74.2 Å². The third-order valence-corrected chi connectivity index (χ3v) is 2.47. The van der Waals surface area contributed by atoms with Gasteiger partial charge in [0, 0.05) is 0 Å². The fourth-order valence-corrected chi connectivity index (χ4v) is 1.63. The summed E-state index contributed by atoms with van der Waals surface area (Å²) in [6, 6.07) is 0. The zero-order valence-electron chi connectivity index (χ0n) is 8.00. The van der Waals surface area contributed by atoms with Gasteiger partial charge in [-0.15, -0.1) is 0 Å². The van der Waals surface area contributed by atoms with E-state index < -0.39 is 0 Å². The van der Waals surface area contributed by atoms with Crippen LogP contribution in [0.25, 0.3) is 0 Å². The second kappa shape index (κ2) is 3.70. The van der Waals surface area contributed by atoms with E-state index in [1.54, 1.807) is 0 Å². The molecule has 0 aromatic rings. The Morgan fingerprint density at radius 3 is 2.67 bits per heavy atom. The van der Waals surface area contributed by atoms with E-state index in [2.05, 4.69) is 32.9 Å². The van der Waals surface area contributed by atoms with Crippen LogP contribution in [0.3, 0.4) is 0 Å². The van der Waals surface area contributed by atoms with E-state index >= 15 is 0 Å². The van der Waals surface area contributed by atoms with Gasteiger partial charge in [-0.05, 0) is 30.8 Å². The lowest BCUT2D eigenvalue weighted by molar-refractivity contribution is -0.105. The smallest absolute Gasteiger partial charge is 0.145 e. The number of aldehydes is 1. The van der Waals surface area contributed by atoms with Gasteiger partial charge < -0.3 is 0 Å². The Bertz CT molecular complexity index is 235. The molecule has 0 aromatic carbocycles. The molecule has 0 amide bonds. The molecule has 2 atom stereocenters. The molecule has 0 bridgehead atoms. The summed E-state index contributed by atoms with van der Waals surface area (Å²) in [6.45, 7) is 6.43. The van der Waals surface area contributed by atoms with Gasteiger partial charge in [-0.3, -0.25) is 4.79 Å². The van der Waals surface area contributed by atoms with Crippen LogP contribution in [-0.2, 0) is 4.79 Å². The van der Waals surface area contributed by atoms with E-state index in [0.29, 0.717) is 11.8 Å². The highest BCUT2D eigenvalue weighted by atomic mass is 16.1. The SMILES string of the molecule is CC1=CC(C)C=C(C=O)CC1C. The van der Waals surface area contributed by atoms with Gasteiger partial charge in [-0.2, -0.15) is 0 Å². The van der Waals surface area contributed by atoms with Gasteiger partial charge >= 0.3 is 0 Å². The monoisotopic (exact) mass is 164 g/mol. The van der Waals surface area contributed by atoms with Crippen molar-refractivity contribution in [3.05, 3.63) is 23.3 Å². The van der Waals surface area contributed by atoms with Crippen molar-refractivity contribution < 1.29 is 4.79 Å². The molecule has 1 aliphatic rings. The Balaban J connectivity index is 2.86. The third-order valence-electron chi connectivity index (χ3n) is 2.47. The number of carbonyl (C=O) groups is 1. The minimum absolute atomic E-state index is 0.412. The highest BCUT2D eigenvalue weighted by molar-refractivity contribution is 5.73. The van der Waals surface area contributed by atoms with Gasteiger partial charge in [0.05, 0.1) is 0 Å². The minimum atomic E-state index is 0.412. The van der Waals surface area contributed by atoms with E-state index in [1.165, 1.54) is 5.57 Å². The summed E-state index contributed by atoms with van der Waals surface area (Å²) < 4.78 is 0.